The number of halogens is 2. The molecule has 0 saturated heterocycles. The van der Waals surface area contributed by atoms with Gasteiger partial charge in [0.15, 0.2) is 0 Å². The van der Waals surface area contributed by atoms with E-state index in [2.05, 4.69) is 9.97 Å². The Balaban J connectivity index is 1.81. The summed E-state index contributed by atoms with van der Waals surface area (Å²) in [4.78, 5) is 30.9. The average Bonchev–Trinajstić information content (AvgIpc) is 2.55. The van der Waals surface area contributed by atoms with E-state index in [1.807, 2.05) is 22.6 Å². The quantitative estimate of drug-likeness (QED) is 0.485. The van der Waals surface area contributed by atoms with E-state index >= 15 is 0 Å². The van der Waals surface area contributed by atoms with Crippen molar-refractivity contribution in [3.63, 3.8) is 0 Å². The predicted octanol–water partition coefficient (Wildman–Crippen LogP) is 2.76. The largest absolute Gasteiger partial charge is 0.487 e. The molecule has 0 radical (unpaired) electrons. The van der Waals surface area contributed by atoms with Crippen molar-refractivity contribution in [3.05, 3.63) is 83.9 Å². The van der Waals surface area contributed by atoms with Crippen LogP contribution in [-0.4, -0.2) is 14.5 Å². The Labute approximate surface area is 155 Å². The minimum Gasteiger partial charge on any atom is -0.487 e. The van der Waals surface area contributed by atoms with E-state index in [0.717, 1.165) is 0 Å². The number of ether oxygens (including phenoxy) is 1. The van der Waals surface area contributed by atoms with Gasteiger partial charge in [0.1, 0.15) is 18.0 Å². The highest BCUT2D eigenvalue weighted by Gasteiger charge is 2.07. The standard InChI is InChI=1S/C16H11ClIN3O3/c17-10-1-2-11(19-8-10)9-24-12-5-6-21(15(22)7-12)13-3-4-14(18)20-16(13)23/h1-8H,9H2,(H,20,23). The normalized spacial score (nSPS) is 10.6. The van der Waals surface area contributed by atoms with Crippen LogP contribution in [0, 0.1) is 3.70 Å². The molecule has 0 aliphatic rings. The third-order valence-corrected chi connectivity index (χ3v) is 4.03. The van der Waals surface area contributed by atoms with Gasteiger partial charge < -0.3 is 9.72 Å². The molecule has 3 rings (SSSR count). The Kier molecular flexibility index (Phi) is 5.00. The van der Waals surface area contributed by atoms with Crippen LogP contribution in [0.2, 0.25) is 5.02 Å². The minimum atomic E-state index is -0.358. The van der Waals surface area contributed by atoms with E-state index in [4.69, 9.17) is 16.3 Å². The van der Waals surface area contributed by atoms with Crippen LogP contribution >= 0.6 is 34.2 Å². The van der Waals surface area contributed by atoms with Gasteiger partial charge in [-0.1, -0.05) is 11.6 Å². The fourth-order valence-electron chi connectivity index (χ4n) is 2.03. The third kappa shape index (κ3) is 3.85. The highest BCUT2D eigenvalue weighted by Crippen LogP contribution is 2.12. The maximum atomic E-state index is 12.2. The van der Waals surface area contributed by atoms with Crippen LogP contribution in [-0.2, 0) is 6.61 Å². The van der Waals surface area contributed by atoms with Crippen LogP contribution in [0.5, 0.6) is 5.75 Å². The van der Waals surface area contributed by atoms with Crippen molar-refractivity contribution in [3.8, 4) is 11.4 Å². The van der Waals surface area contributed by atoms with Crippen LogP contribution in [0.15, 0.2) is 58.4 Å². The smallest absolute Gasteiger partial charge is 0.273 e. The predicted molar refractivity (Wildman–Crippen MR) is 99.0 cm³/mol. The Bertz CT molecular complexity index is 983. The number of nitrogens with zero attached hydrogens (tertiary/aromatic N) is 2. The third-order valence-electron chi connectivity index (χ3n) is 3.18. The zero-order chi connectivity index (χ0) is 17.1. The van der Waals surface area contributed by atoms with Crippen molar-refractivity contribution in [2.75, 3.05) is 0 Å². The molecule has 8 heteroatoms. The number of hydrogen-bond acceptors (Lipinski definition) is 4. The number of rotatable bonds is 4. The Morgan fingerprint density at radius 1 is 1.21 bits per heavy atom. The van der Waals surface area contributed by atoms with Gasteiger partial charge in [-0.3, -0.25) is 19.1 Å². The fraction of sp³-hybridized carbons (Fsp3) is 0.0625. The molecule has 0 fully saturated rings. The van der Waals surface area contributed by atoms with E-state index in [1.54, 1.807) is 30.3 Å². The summed E-state index contributed by atoms with van der Waals surface area (Å²) >= 11 is 7.77. The number of nitrogens with one attached hydrogen (secondary N) is 1. The lowest BCUT2D eigenvalue weighted by atomic mass is 10.3. The molecule has 122 valence electrons. The molecule has 24 heavy (non-hydrogen) atoms. The molecule has 0 bridgehead atoms. The molecule has 3 heterocycles. The maximum Gasteiger partial charge on any atom is 0.273 e. The molecule has 6 nitrogen and oxygen atoms in total. The molecule has 0 atom stereocenters. The van der Waals surface area contributed by atoms with Gasteiger partial charge in [0.2, 0.25) is 0 Å². The highest BCUT2D eigenvalue weighted by molar-refractivity contribution is 14.1. The summed E-state index contributed by atoms with van der Waals surface area (Å²) in [5.74, 6) is 0.398. The molecule has 0 spiro atoms. The number of H-pyrrole nitrogens is 1. The van der Waals surface area contributed by atoms with Crippen LogP contribution in [0.3, 0.4) is 0 Å². The van der Waals surface area contributed by atoms with E-state index in [9.17, 15) is 9.59 Å². The summed E-state index contributed by atoms with van der Waals surface area (Å²) in [6.45, 7) is 0.213. The molecule has 3 aromatic heterocycles. The summed E-state index contributed by atoms with van der Waals surface area (Å²) in [6, 6.07) is 9.73. The minimum absolute atomic E-state index is 0.213. The van der Waals surface area contributed by atoms with Gasteiger partial charge in [-0.25, -0.2) is 0 Å². The molecular formula is C16H11ClIN3O3. The molecule has 0 unspecified atom stereocenters. The van der Waals surface area contributed by atoms with Crippen LogP contribution in [0.1, 0.15) is 5.69 Å². The van der Waals surface area contributed by atoms with Gasteiger partial charge in [-0.05, 0) is 52.9 Å². The summed E-state index contributed by atoms with van der Waals surface area (Å²) in [5, 5.41) is 0.545. The first-order chi connectivity index (χ1) is 11.5. The summed E-state index contributed by atoms with van der Waals surface area (Å²) in [7, 11) is 0. The second kappa shape index (κ2) is 7.18. The Hall–Kier alpha value is -2.13. The zero-order valence-electron chi connectivity index (χ0n) is 12.2. The van der Waals surface area contributed by atoms with Crippen LogP contribution in [0.4, 0.5) is 0 Å². The van der Waals surface area contributed by atoms with Crippen molar-refractivity contribution in [2.24, 2.45) is 0 Å². The van der Waals surface area contributed by atoms with Crippen molar-refractivity contribution >= 4 is 34.2 Å². The van der Waals surface area contributed by atoms with Crippen molar-refractivity contribution in [1.82, 2.24) is 14.5 Å². The molecule has 0 saturated carbocycles. The Morgan fingerprint density at radius 2 is 2.04 bits per heavy atom. The zero-order valence-corrected chi connectivity index (χ0v) is 15.1. The van der Waals surface area contributed by atoms with E-state index in [-0.39, 0.29) is 23.4 Å². The second-order valence-electron chi connectivity index (χ2n) is 4.85. The number of aromatic amines is 1. The lowest BCUT2D eigenvalue weighted by molar-refractivity contribution is 0.300. The monoisotopic (exact) mass is 455 g/mol. The van der Waals surface area contributed by atoms with Gasteiger partial charge >= 0.3 is 0 Å². The van der Waals surface area contributed by atoms with Crippen molar-refractivity contribution in [2.45, 2.75) is 6.61 Å². The van der Waals surface area contributed by atoms with Gasteiger partial charge in [0, 0.05) is 18.5 Å². The second-order valence-corrected chi connectivity index (χ2v) is 6.45. The lowest BCUT2D eigenvalue weighted by Gasteiger charge is -2.08. The van der Waals surface area contributed by atoms with E-state index in [1.165, 1.54) is 23.0 Å². The first kappa shape index (κ1) is 16.7. The number of pyridine rings is 3. The van der Waals surface area contributed by atoms with Gasteiger partial charge in [0.05, 0.1) is 14.4 Å². The van der Waals surface area contributed by atoms with Gasteiger partial charge in [-0.15, -0.1) is 0 Å². The van der Waals surface area contributed by atoms with Crippen LogP contribution in [0.25, 0.3) is 5.69 Å². The topological polar surface area (TPSA) is 77.0 Å². The number of hydrogen-bond donors (Lipinski definition) is 1. The highest BCUT2D eigenvalue weighted by atomic mass is 127. The first-order valence-corrected chi connectivity index (χ1v) is 8.34. The average molecular weight is 456 g/mol. The van der Waals surface area contributed by atoms with Crippen LogP contribution < -0.4 is 15.9 Å². The lowest BCUT2D eigenvalue weighted by Crippen LogP contribution is -2.24. The maximum absolute atomic E-state index is 12.2. The summed E-state index contributed by atoms with van der Waals surface area (Å²) in [5.41, 5.74) is 0.260. The van der Waals surface area contributed by atoms with Crippen molar-refractivity contribution < 1.29 is 4.74 Å². The summed E-state index contributed by atoms with van der Waals surface area (Å²) in [6.07, 6.45) is 3.03. The number of aromatic nitrogens is 3. The SMILES string of the molecule is O=c1[nH]c(I)ccc1-n1ccc(OCc2ccc(Cl)cn2)cc1=O. The molecule has 0 aliphatic heterocycles. The van der Waals surface area contributed by atoms with Gasteiger partial charge in [0.25, 0.3) is 11.1 Å². The Morgan fingerprint density at radius 3 is 2.71 bits per heavy atom. The summed E-state index contributed by atoms with van der Waals surface area (Å²) < 4.78 is 7.51. The fourth-order valence-corrected chi connectivity index (χ4v) is 2.57. The first-order valence-electron chi connectivity index (χ1n) is 6.88. The van der Waals surface area contributed by atoms with E-state index < -0.39 is 0 Å². The van der Waals surface area contributed by atoms with E-state index in [0.29, 0.717) is 20.2 Å². The molecule has 0 amide bonds. The molecule has 0 aromatic carbocycles. The molecule has 3 aromatic rings. The van der Waals surface area contributed by atoms with Crippen molar-refractivity contribution in [1.29, 1.82) is 0 Å². The molecule has 0 aliphatic carbocycles. The molecular weight excluding hydrogens is 445 g/mol. The van der Waals surface area contributed by atoms with Gasteiger partial charge in [-0.2, -0.15) is 0 Å². The molecule has 1 N–H and O–H groups in total.